The van der Waals surface area contributed by atoms with Gasteiger partial charge < -0.3 is 4.74 Å². The van der Waals surface area contributed by atoms with E-state index < -0.39 is 0 Å². The van der Waals surface area contributed by atoms with Crippen molar-refractivity contribution in [3.05, 3.63) is 35.4 Å². The number of ketones is 1. The van der Waals surface area contributed by atoms with E-state index in [0.29, 0.717) is 12.5 Å². The third kappa shape index (κ3) is 4.44. The summed E-state index contributed by atoms with van der Waals surface area (Å²) in [6.07, 6.45) is 2.23. The number of likely N-dealkylation sites (N-methyl/N-ethyl adjacent to an activating group) is 1. The van der Waals surface area contributed by atoms with Crippen LogP contribution in [-0.2, 0) is 4.74 Å². The molecule has 3 nitrogen and oxygen atoms in total. The molecule has 0 radical (unpaired) electrons. The topological polar surface area (TPSA) is 29.5 Å². The molecule has 2 rings (SSSR count). The van der Waals surface area contributed by atoms with Crippen molar-refractivity contribution in [1.82, 2.24) is 4.90 Å². The van der Waals surface area contributed by atoms with Gasteiger partial charge in [-0.1, -0.05) is 29.8 Å². The Bertz CT molecular complexity index is 407. The predicted molar refractivity (Wildman–Crippen MR) is 76.5 cm³/mol. The van der Waals surface area contributed by atoms with Gasteiger partial charge in [-0.2, -0.15) is 0 Å². The van der Waals surface area contributed by atoms with Crippen LogP contribution in [0.5, 0.6) is 0 Å². The molecule has 0 unspecified atom stereocenters. The van der Waals surface area contributed by atoms with Crippen molar-refractivity contribution >= 4 is 5.78 Å². The highest BCUT2D eigenvalue weighted by atomic mass is 16.5. The van der Waals surface area contributed by atoms with E-state index in [-0.39, 0.29) is 5.78 Å². The minimum absolute atomic E-state index is 0.203. The summed E-state index contributed by atoms with van der Waals surface area (Å²) in [5.41, 5.74) is 2.00. The molecule has 0 aromatic heterocycles. The van der Waals surface area contributed by atoms with E-state index in [4.69, 9.17) is 4.74 Å². The summed E-state index contributed by atoms with van der Waals surface area (Å²) in [7, 11) is 2.03. The van der Waals surface area contributed by atoms with Crippen LogP contribution in [0.1, 0.15) is 28.8 Å². The Morgan fingerprint density at radius 1 is 1.26 bits per heavy atom. The third-order valence-electron chi connectivity index (χ3n) is 3.70. The van der Waals surface area contributed by atoms with Crippen LogP contribution in [0.2, 0.25) is 0 Å². The van der Waals surface area contributed by atoms with Crippen LogP contribution in [0.3, 0.4) is 0 Å². The van der Waals surface area contributed by atoms with E-state index >= 15 is 0 Å². The lowest BCUT2D eigenvalue weighted by atomic mass is 9.99. The zero-order chi connectivity index (χ0) is 13.7. The SMILES string of the molecule is Cc1ccc(C(=O)CN(C)CC2CCOCC2)cc1. The van der Waals surface area contributed by atoms with Crippen molar-refractivity contribution in [3.63, 3.8) is 0 Å². The second kappa shape index (κ2) is 6.83. The molecule has 0 N–H and O–H groups in total. The van der Waals surface area contributed by atoms with Crippen LogP contribution < -0.4 is 0 Å². The third-order valence-corrected chi connectivity index (χ3v) is 3.70. The summed E-state index contributed by atoms with van der Waals surface area (Å²) >= 11 is 0. The Labute approximate surface area is 115 Å². The van der Waals surface area contributed by atoms with Crippen LogP contribution in [0.4, 0.5) is 0 Å². The quantitative estimate of drug-likeness (QED) is 0.763. The highest BCUT2D eigenvalue weighted by Crippen LogP contribution is 2.15. The molecule has 19 heavy (non-hydrogen) atoms. The largest absolute Gasteiger partial charge is 0.381 e. The van der Waals surface area contributed by atoms with Gasteiger partial charge in [0.15, 0.2) is 5.78 Å². The molecule has 0 amide bonds. The van der Waals surface area contributed by atoms with Crippen molar-refractivity contribution in [2.45, 2.75) is 19.8 Å². The van der Waals surface area contributed by atoms with E-state index in [2.05, 4.69) is 4.90 Å². The van der Waals surface area contributed by atoms with Gasteiger partial charge in [-0.3, -0.25) is 9.69 Å². The molecule has 1 heterocycles. The van der Waals surface area contributed by atoms with Crippen molar-refractivity contribution < 1.29 is 9.53 Å². The predicted octanol–water partition coefficient (Wildman–Crippen LogP) is 2.54. The molecule has 1 saturated heterocycles. The molecule has 1 aromatic carbocycles. The maximum atomic E-state index is 12.1. The molecule has 0 atom stereocenters. The Kier molecular flexibility index (Phi) is 5.11. The summed E-state index contributed by atoms with van der Waals surface area (Å²) in [6, 6.07) is 7.82. The number of ether oxygens (including phenoxy) is 1. The van der Waals surface area contributed by atoms with Crippen LogP contribution in [0.15, 0.2) is 24.3 Å². The number of nitrogens with zero attached hydrogens (tertiary/aromatic N) is 1. The molecule has 104 valence electrons. The number of benzene rings is 1. The number of Topliss-reactive ketones (excluding diaryl/α,β-unsaturated/α-hetero) is 1. The summed E-state index contributed by atoms with van der Waals surface area (Å²) in [4.78, 5) is 14.3. The molecule has 0 bridgehead atoms. The fourth-order valence-electron chi connectivity index (χ4n) is 2.51. The minimum Gasteiger partial charge on any atom is -0.381 e. The number of aryl methyl sites for hydroxylation is 1. The average molecular weight is 261 g/mol. The molecular formula is C16H23NO2. The Hall–Kier alpha value is -1.19. The van der Waals surface area contributed by atoms with Crippen molar-refractivity contribution in [2.75, 3.05) is 33.4 Å². The van der Waals surface area contributed by atoms with Crippen LogP contribution >= 0.6 is 0 Å². The Morgan fingerprint density at radius 3 is 2.53 bits per heavy atom. The van der Waals surface area contributed by atoms with E-state index in [9.17, 15) is 4.79 Å². The van der Waals surface area contributed by atoms with E-state index in [0.717, 1.165) is 38.2 Å². The smallest absolute Gasteiger partial charge is 0.176 e. The molecule has 1 aliphatic rings. The Balaban J connectivity index is 1.82. The van der Waals surface area contributed by atoms with Gasteiger partial charge in [0, 0.05) is 25.3 Å². The molecule has 1 aromatic rings. The molecule has 0 spiro atoms. The molecular weight excluding hydrogens is 238 g/mol. The Morgan fingerprint density at radius 2 is 1.89 bits per heavy atom. The van der Waals surface area contributed by atoms with E-state index in [1.54, 1.807) is 0 Å². The second-order valence-electron chi connectivity index (χ2n) is 5.54. The van der Waals surface area contributed by atoms with Gasteiger partial charge in [-0.25, -0.2) is 0 Å². The number of carbonyl (C=O) groups excluding carboxylic acids is 1. The lowest BCUT2D eigenvalue weighted by Gasteiger charge is -2.26. The maximum absolute atomic E-state index is 12.1. The van der Waals surface area contributed by atoms with Gasteiger partial charge in [0.05, 0.1) is 6.54 Å². The zero-order valence-corrected chi connectivity index (χ0v) is 11.9. The van der Waals surface area contributed by atoms with Gasteiger partial charge in [0.1, 0.15) is 0 Å². The zero-order valence-electron chi connectivity index (χ0n) is 11.9. The average Bonchev–Trinajstić information content (AvgIpc) is 2.40. The highest BCUT2D eigenvalue weighted by molar-refractivity contribution is 5.97. The first-order valence-electron chi connectivity index (χ1n) is 7.01. The summed E-state index contributed by atoms with van der Waals surface area (Å²) in [5.74, 6) is 0.874. The van der Waals surface area contributed by atoms with Crippen molar-refractivity contribution in [2.24, 2.45) is 5.92 Å². The molecule has 3 heteroatoms. The first-order chi connectivity index (χ1) is 9.15. The van der Waals surface area contributed by atoms with Gasteiger partial charge in [-0.15, -0.1) is 0 Å². The highest BCUT2D eigenvalue weighted by Gasteiger charge is 2.17. The first kappa shape index (κ1) is 14.2. The van der Waals surface area contributed by atoms with Crippen LogP contribution in [0, 0.1) is 12.8 Å². The molecule has 0 saturated carbocycles. The number of carbonyl (C=O) groups is 1. The van der Waals surface area contributed by atoms with Crippen molar-refractivity contribution in [3.8, 4) is 0 Å². The van der Waals surface area contributed by atoms with Gasteiger partial charge in [0.25, 0.3) is 0 Å². The number of hydrogen-bond donors (Lipinski definition) is 0. The lowest BCUT2D eigenvalue weighted by molar-refractivity contribution is 0.0549. The van der Waals surface area contributed by atoms with E-state index in [1.807, 2.05) is 38.2 Å². The molecule has 1 aliphatic heterocycles. The van der Waals surface area contributed by atoms with Gasteiger partial charge >= 0.3 is 0 Å². The van der Waals surface area contributed by atoms with Crippen LogP contribution in [-0.4, -0.2) is 44.0 Å². The molecule has 1 fully saturated rings. The van der Waals surface area contributed by atoms with E-state index in [1.165, 1.54) is 5.56 Å². The summed E-state index contributed by atoms with van der Waals surface area (Å²) < 4.78 is 5.36. The minimum atomic E-state index is 0.203. The second-order valence-corrected chi connectivity index (χ2v) is 5.54. The maximum Gasteiger partial charge on any atom is 0.176 e. The normalized spacial score (nSPS) is 16.8. The summed E-state index contributed by atoms with van der Waals surface area (Å²) in [5, 5.41) is 0. The standard InChI is InChI=1S/C16H23NO2/c1-13-3-5-15(6-4-13)16(18)12-17(2)11-14-7-9-19-10-8-14/h3-6,14H,7-12H2,1-2H3. The molecule has 0 aliphatic carbocycles. The first-order valence-corrected chi connectivity index (χ1v) is 7.01. The lowest BCUT2D eigenvalue weighted by Crippen LogP contribution is -2.33. The fourth-order valence-corrected chi connectivity index (χ4v) is 2.51. The number of rotatable bonds is 5. The van der Waals surface area contributed by atoms with Crippen molar-refractivity contribution in [1.29, 1.82) is 0 Å². The fraction of sp³-hybridized carbons (Fsp3) is 0.562. The number of hydrogen-bond acceptors (Lipinski definition) is 3. The summed E-state index contributed by atoms with van der Waals surface area (Å²) in [6.45, 7) is 5.25. The van der Waals surface area contributed by atoms with Gasteiger partial charge in [-0.05, 0) is 32.7 Å². The monoisotopic (exact) mass is 261 g/mol. The van der Waals surface area contributed by atoms with Gasteiger partial charge in [0.2, 0.25) is 0 Å². The van der Waals surface area contributed by atoms with Crippen LogP contribution in [0.25, 0.3) is 0 Å².